The third-order valence-electron chi connectivity index (χ3n) is 3.39. The van der Waals surface area contributed by atoms with Gasteiger partial charge in [-0.2, -0.15) is 0 Å². The number of aliphatic hydroxyl groups excluding tert-OH is 1. The normalized spacial score (nSPS) is 13.0. The quantitative estimate of drug-likeness (QED) is 0.813. The van der Waals surface area contributed by atoms with Gasteiger partial charge in [0.1, 0.15) is 11.5 Å². The molecule has 112 valence electrons. The molecule has 0 saturated heterocycles. The molecule has 0 radical (unpaired) electrons. The van der Waals surface area contributed by atoms with E-state index in [2.05, 4.69) is 32.9 Å². The number of benzene rings is 2. The zero-order valence-electron chi connectivity index (χ0n) is 12.9. The minimum absolute atomic E-state index is 0.120. The van der Waals surface area contributed by atoms with Gasteiger partial charge in [-0.25, -0.2) is 0 Å². The van der Waals surface area contributed by atoms with Crippen molar-refractivity contribution in [1.29, 1.82) is 0 Å². The predicted octanol–water partition coefficient (Wildman–Crippen LogP) is 5.48. The largest absolute Gasteiger partial charge is 0.456 e. The molecule has 0 bridgehead atoms. The first-order valence-corrected chi connectivity index (χ1v) is 7.41. The third kappa shape index (κ3) is 3.99. The summed E-state index contributed by atoms with van der Waals surface area (Å²) < 4.78 is 5.80. The van der Waals surface area contributed by atoms with Crippen LogP contribution in [0.3, 0.4) is 0 Å². The van der Waals surface area contributed by atoms with Gasteiger partial charge < -0.3 is 9.84 Å². The molecule has 21 heavy (non-hydrogen) atoms. The SMILES string of the molecule is CC(O)c1ccc(Oc2ccc(C(C)(C)C)cc2)c(Cl)c1. The maximum atomic E-state index is 9.54. The summed E-state index contributed by atoms with van der Waals surface area (Å²) in [6, 6.07) is 13.3. The standard InChI is InChI=1S/C18H21ClO2/c1-12(20)13-5-10-17(16(19)11-13)21-15-8-6-14(7-9-15)18(2,3)4/h5-12,20H,1-4H3. The van der Waals surface area contributed by atoms with Crippen LogP contribution in [0.4, 0.5) is 0 Å². The molecule has 0 aliphatic rings. The van der Waals surface area contributed by atoms with Gasteiger partial charge in [0.05, 0.1) is 11.1 Å². The Bertz CT molecular complexity index is 610. The molecule has 1 atom stereocenters. The van der Waals surface area contributed by atoms with Crippen molar-refractivity contribution in [2.24, 2.45) is 0 Å². The molecule has 2 aromatic carbocycles. The summed E-state index contributed by atoms with van der Waals surface area (Å²) >= 11 is 6.19. The fraction of sp³-hybridized carbons (Fsp3) is 0.333. The van der Waals surface area contributed by atoms with Gasteiger partial charge in [-0.15, -0.1) is 0 Å². The Morgan fingerprint density at radius 3 is 2.14 bits per heavy atom. The van der Waals surface area contributed by atoms with Crippen LogP contribution in [0.2, 0.25) is 5.02 Å². The topological polar surface area (TPSA) is 29.5 Å². The molecule has 0 aliphatic carbocycles. The lowest BCUT2D eigenvalue weighted by molar-refractivity contribution is 0.199. The van der Waals surface area contributed by atoms with Crippen molar-refractivity contribution in [2.75, 3.05) is 0 Å². The zero-order valence-corrected chi connectivity index (χ0v) is 13.6. The summed E-state index contributed by atoms with van der Waals surface area (Å²) in [6.07, 6.45) is -0.539. The number of rotatable bonds is 3. The van der Waals surface area contributed by atoms with E-state index in [1.54, 1.807) is 19.1 Å². The van der Waals surface area contributed by atoms with Gasteiger partial charge in [-0.1, -0.05) is 50.6 Å². The molecule has 3 heteroatoms. The van der Waals surface area contributed by atoms with Crippen LogP contribution in [0.5, 0.6) is 11.5 Å². The second-order valence-electron chi connectivity index (χ2n) is 6.24. The Balaban J connectivity index is 2.19. The molecular formula is C18H21ClO2. The molecule has 2 aromatic rings. The highest BCUT2D eigenvalue weighted by Crippen LogP contribution is 2.32. The number of aliphatic hydroxyl groups is 1. The lowest BCUT2D eigenvalue weighted by Crippen LogP contribution is -2.10. The van der Waals surface area contributed by atoms with Crippen LogP contribution in [0, 0.1) is 0 Å². The molecule has 0 aromatic heterocycles. The van der Waals surface area contributed by atoms with Crippen LogP contribution in [-0.4, -0.2) is 5.11 Å². The average Bonchev–Trinajstić information content (AvgIpc) is 2.40. The van der Waals surface area contributed by atoms with Gasteiger partial charge in [0.2, 0.25) is 0 Å². The van der Waals surface area contributed by atoms with E-state index in [1.165, 1.54) is 5.56 Å². The first-order valence-electron chi connectivity index (χ1n) is 7.03. The molecule has 0 heterocycles. The Hall–Kier alpha value is -1.51. The minimum Gasteiger partial charge on any atom is -0.456 e. The van der Waals surface area contributed by atoms with Crippen LogP contribution >= 0.6 is 11.6 Å². The van der Waals surface area contributed by atoms with Crippen LogP contribution in [0.25, 0.3) is 0 Å². The van der Waals surface area contributed by atoms with Gasteiger partial charge >= 0.3 is 0 Å². The highest BCUT2D eigenvalue weighted by atomic mass is 35.5. The summed E-state index contributed by atoms with van der Waals surface area (Å²) in [4.78, 5) is 0. The van der Waals surface area contributed by atoms with E-state index in [0.717, 1.165) is 11.3 Å². The molecule has 0 spiro atoms. The van der Waals surface area contributed by atoms with Crippen molar-refractivity contribution in [1.82, 2.24) is 0 Å². The van der Waals surface area contributed by atoms with Crippen LogP contribution < -0.4 is 4.74 Å². The molecule has 2 rings (SSSR count). The fourth-order valence-corrected chi connectivity index (χ4v) is 2.24. The Morgan fingerprint density at radius 1 is 1.05 bits per heavy atom. The van der Waals surface area contributed by atoms with Crippen molar-refractivity contribution in [3.05, 3.63) is 58.6 Å². The fourth-order valence-electron chi connectivity index (χ4n) is 2.01. The maximum Gasteiger partial charge on any atom is 0.146 e. The number of ether oxygens (including phenoxy) is 1. The summed E-state index contributed by atoms with van der Waals surface area (Å²) in [5.41, 5.74) is 2.15. The number of hydrogen-bond acceptors (Lipinski definition) is 2. The Kier molecular flexibility index (Phi) is 4.60. The molecule has 0 aliphatic heterocycles. The van der Waals surface area contributed by atoms with Gasteiger partial charge in [0.15, 0.2) is 0 Å². The smallest absolute Gasteiger partial charge is 0.146 e. The highest BCUT2D eigenvalue weighted by molar-refractivity contribution is 6.32. The summed E-state index contributed by atoms with van der Waals surface area (Å²) in [5, 5.41) is 10.0. The van der Waals surface area contributed by atoms with Gasteiger partial charge in [0, 0.05) is 0 Å². The predicted molar refractivity (Wildman–Crippen MR) is 87.3 cm³/mol. The first kappa shape index (κ1) is 15.9. The lowest BCUT2D eigenvalue weighted by atomic mass is 9.87. The zero-order chi connectivity index (χ0) is 15.6. The third-order valence-corrected chi connectivity index (χ3v) is 3.68. The monoisotopic (exact) mass is 304 g/mol. The van der Waals surface area contributed by atoms with E-state index in [9.17, 15) is 5.11 Å². The van der Waals surface area contributed by atoms with Crippen molar-refractivity contribution < 1.29 is 9.84 Å². The van der Waals surface area contributed by atoms with Crippen molar-refractivity contribution in [2.45, 2.75) is 39.2 Å². The van der Waals surface area contributed by atoms with Crippen LogP contribution in [0.15, 0.2) is 42.5 Å². The molecule has 1 unspecified atom stereocenters. The molecule has 0 saturated carbocycles. The maximum absolute atomic E-state index is 9.54. The van der Waals surface area contributed by atoms with Crippen molar-refractivity contribution in [3.63, 3.8) is 0 Å². The van der Waals surface area contributed by atoms with Gasteiger partial charge in [-0.3, -0.25) is 0 Å². The van der Waals surface area contributed by atoms with Crippen LogP contribution in [0.1, 0.15) is 44.9 Å². The number of halogens is 1. The van der Waals surface area contributed by atoms with Crippen LogP contribution in [-0.2, 0) is 5.41 Å². The molecule has 2 nitrogen and oxygen atoms in total. The van der Waals surface area contributed by atoms with E-state index in [4.69, 9.17) is 16.3 Å². The molecular weight excluding hydrogens is 284 g/mol. The second-order valence-corrected chi connectivity index (χ2v) is 6.65. The van der Waals surface area contributed by atoms with Gasteiger partial charge in [-0.05, 0) is 47.7 Å². The van der Waals surface area contributed by atoms with E-state index in [1.807, 2.05) is 18.2 Å². The highest BCUT2D eigenvalue weighted by Gasteiger charge is 2.13. The average molecular weight is 305 g/mol. The van der Waals surface area contributed by atoms with E-state index < -0.39 is 6.10 Å². The van der Waals surface area contributed by atoms with E-state index in [0.29, 0.717) is 10.8 Å². The molecule has 0 amide bonds. The van der Waals surface area contributed by atoms with E-state index >= 15 is 0 Å². The summed E-state index contributed by atoms with van der Waals surface area (Å²) in [6.45, 7) is 8.23. The number of hydrogen-bond donors (Lipinski definition) is 1. The Labute approximate surface area is 131 Å². The molecule has 1 N–H and O–H groups in total. The van der Waals surface area contributed by atoms with Crippen molar-refractivity contribution >= 4 is 11.6 Å². The second kappa shape index (κ2) is 6.08. The first-order chi connectivity index (χ1) is 9.77. The molecule has 0 fully saturated rings. The Morgan fingerprint density at radius 2 is 1.67 bits per heavy atom. The summed E-state index contributed by atoms with van der Waals surface area (Å²) in [7, 11) is 0. The van der Waals surface area contributed by atoms with Crippen molar-refractivity contribution in [3.8, 4) is 11.5 Å². The minimum atomic E-state index is -0.539. The van der Waals surface area contributed by atoms with Gasteiger partial charge in [0.25, 0.3) is 0 Å². The lowest BCUT2D eigenvalue weighted by Gasteiger charge is -2.19. The summed E-state index contributed by atoms with van der Waals surface area (Å²) in [5.74, 6) is 1.33. The van der Waals surface area contributed by atoms with E-state index in [-0.39, 0.29) is 5.41 Å².